The third kappa shape index (κ3) is 8.70. The molecule has 3 fully saturated rings. The number of aryl methyl sites for hydroxylation is 1. The maximum absolute atomic E-state index is 5.92. The van der Waals surface area contributed by atoms with E-state index in [1.807, 2.05) is 6.07 Å². The number of rotatable bonds is 10. The van der Waals surface area contributed by atoms with Gasteiger partial charge in [0.15, 0.2) is 0 Å². The average Bonchev–Trinajstić information content (AvgIpc) is 2.88. The lowest BCUT2D eigenvalue weighted by molar-refractivity contribution is 0.166. The molecule has 0 unspecified atom stereocenters. The zero-order chi connectivity index (χ0) is 25.2. The summed E-state index contributed by atoms with van der Waals surface area (Å²) in [4.78, 5) is 0. The van der Waals surface area contributed by atoms with E-state index in [0.717, 1.165) is 53.3 Å². The Morgan fingerprint density at radius 1 is 0.611 bits per heavy atom. The van der Waals surface area contributed by atoms with Gasteiger partial charge in [-0.3, -0.25) is 0 Å². The summed E-state index contributed by atoms with van der Waals surface area (Å²) in [5, 5.41) is 0. The third-order valence-corrected chi connectivity index (χ3v) is 9.93. The van der Waals surface area contributed by atoms with E-state index in [1.165, 1.54) is 108 Å². The summed E-state index contributed by atoms with van der Waals surface area (Å²) >= 11 is 0. The fraction of sp³-hybridized carbons (Fsp3) is 0.706. The molecule has 0 heterocycles. The van der Waals surface area contributed by atoms with Crippen LogP contribution in [-0.2, 0) is 6.42 Å². The van der Waals surface area contributed by atoms with Gasteiger partial charge in [-0.15, -0.1) is 0 Å². The molecular formula is C34H54N2. The summed E-state index contributed by atoms with van der Waals surface area (Å²) in [6.45, 7) is 2.18. The molecule has 3 aliphatic carbocycles. The highest BCUT2D eigenvalue weighted by Gasteiger charge is 2.30. The second-order valence-corrected chi connectivity index (χ2v) is 12.6. The van der Waals surface area contributed by atoms with E-state index < -0.39 is 0 Å². The molecular weight excluding hydrogens is 436 g/mol. The molecule has 0 atom stereocenters. The number of hydrogen-bond acceptors (Lipinski definition) is 2. The van der Waals surface area contributed by atoms with Crippen LogP contribution in [0.2, 0.25) is 0 Å². The van der Waals surface area contributed by atoms with Crippen molar-refractivity contribution in [2.45, 2.75) is 116 Å². The largest absolute Gasteiger partial charge is 0.399 e. The highest BCUT2D eigenvalue weighted by molar-refractivity contribution is 5.54. The first-order valence-corrected chi connectivity index (χ1v) is 15.5. The van der Waals surface area contributed by atoms with Gasteiger partial charge in [-0.05, 0) is 156 Å². The second-order valence-electron chi connectivity index (χ2n) is 12.6. The molecule has 200 valence electrons. The second kappa shape index (κ2) is 14.3. The number of anilines is 2. The zero-order valence-corrected chi connectivity index (χ0v) is 23.2. The van der Waals surface area contributed by atoms with Gasteiger partial charge in [0.05, 0.1) is 0 Å². The molecule has 0 bridgehead atoms. The molecule has 0 aromatic heterocycles. The Morgan fingerprint density at radius 2 is 1.11 bits per heavy atom. The summed E-state index contributed by atoms with van der Waals surface area (Å²) in [5.74, 6) is 5.63. The molecule has 4 N–H and O–H groups in total. The summed E-state index contributed by atoms with van der Waals surface area (Å²) in [7, 11) is 0. The fourth-order valence-electron chi connectivity index (χ4n) is 7.70. The minimum Gasteiger partial charge on any atom is -0.399 e. The van der Waals surface area contributed by atoms with Crippen LogP contribution in [0.15, 0.2) is 42.5 Å². The Labute approximate surface area is 222 Å². The highest BCUT2D eigenvalue weighted by atomic mass is 14.6. The minimum atomic E-state index is 0.793. The molecule has 2 heteroatoms. The van der Waals surface area contributed by atoms with Gasteiger partial charge in [-0.25, -0.2) is 0 Å². The number of unbranched alkanes of at least 4 members (excludes halogenated alkanes) is 2. The molecule has 0 spiro atoms. The van der Waals surface area contributed by atoms with E-state index >= 15 is 0 Å². The van der Waals surface area contributed by atoms with Crippen LogP contribution in [0.1, 0.15) is 115 Å². The lowest BCUT2D eigenvalue weighted by Gasteiger charge is -2.37. The van der Waals surface area contributed by atoms with Crippen LogP contribution in [0, 0.1) is 35.5 Å². The summed E-state index contributed by atoms with van der Waals surface area (Å²) in [6.07, 6.45) is 34.0. The van der Waals surface area contributed by atoms with Gasteiger partial charge < -0.3 is 11.5 Å². The Hall–Kier alpha value is -1.70. The minimum absolute atomic E-state index is 0.793. The maximum Gasteiger partial charge on any atom is 0.0337 e. The molecule has 0 aliphatic heterocycles. The monoisotopic (exact) mass is 490 g/mol. The highest BCUT2D eigenvalue weighted by Crippen LogP contribution is 2.42. The van der Waals surface area contributed by atoms with Gasteiger partial charge in [0, 0.05) is 11.4 Å². The number of nitrogens with two attached hydrogens (primary N) is 2. The molecule has 36 heavy (non-hydrogen) atoms. The number of allylic oxidation sites excluding steroid dienone is 4. The Kier molecular flexibility index (Phi) is 10.9. The van der Waals surface area contributed by atoms with E-state index in [4.69, 9.17) is 11.5 Å². The molecule has 0 saturated heterocycles. The molecule has 2 nitrogen and oxygen atoms in total. The van der Waals surface area contributed by atoms with Gasteiger partial charge in [-0.2, -0.15) is 0 Å². The van der Waals surface area contributed by atoms with Crippen LogP contribution in [0.3, 0.4) is 0 Å². The topological polar surface area (TPSA) is 52.0 Å². The van der Waals surface area contributed by atoms with Crippen LogP contribution < -0.4 is 11.5 Å². The molecule has 3 aliphatic rings. The van der Waals surface area contributed by atoms with Crippen LogP contribution in [-0.4, -0.2) is 0 Å². The molecule has 3 saturated carbocycles. The molecule has 1 aromatic rings. The first-order valence-electron chi connectivity index (χ1n) is 15.5. The Morgan fingerprint density at radius 3 is 1.64 bits per heavy atom. The van der Waals surface area contributed by atoms with Crippen molar-refractivity contribution in [1.29, 1.82) is 0 Å². The SMILES string of the molecule is CC=CC1CCC(C2CCC(/C=C/C3CCC(CCCCCc4cc(N)cc(N)c4)CC3)CC2)CC1. The van der Waals surface area contributed by atoms with Gasteiger partial charge >= 0.3 is 0 Å². The standard InChI is InChI=1S/C34H54N2/c1-2-6-26-15-19-31(20-16-26)32-21-17-29(18-22-32)14-13-28-11-9-27(10-12-28)7-4-3-5-8-30-23-33(35)25-34(36)24-30/h2,6,13-14,23-29,31-32H,3-5,7-12,15-22,35-36H2,1H3/b6-2?,14-13+. The van der Waals surface area contributed by atoms with E-state index in [0.29, 0.717) is 0 Å². The normalized spacial score (nSPS) is 31.8. The van der Waals surface area contributed by atoms with Crippen LogP contribution in [0.4, 0.5) is 11.4 Å². The quantitative estimate of drug-likeness (QED) is 0.195. The zero-order valence-electron chi connectivity index (χ0n) is 23.2. The Bertz CT molecular complexity index is 795. The lowest BCUT2D eigenvalue weighted by Crippen LogP contribution is -2.25. The van der Waals surface area contributed by atoms with Gasteiger partial charge in [-0.1, -0.05) is 43.6 Å². The van der Waals surface area contributed by atoms with Crippen molar-refractivity contribution in [2.24, 2.45) is 35.5 Å². The van der Waals surface area contributed by atoms with Gasteiger partial charge in [0.2, 0.25) is 0 Å². The smallest absolute Gasteiger partial charge is 0.0337 e. The molecule has 0 amide bonds. The van der Waals surface area contributed by atoms with Crippen LogP contribution in [0.5, 0.6) is 0 Å². The van der Waals surface area contributed by atoms with E-state index in [9.17, 15) is 0 Å². The predicted molar refractivity (Wildman–Crippen MR) is 158 cm³/mol. The summed E-state index contributed by atoms with van der Waals surface area (Å²) in [5.41, 5.74) is 14.7. The van der Waals surface area contributed by atoms with Gasteiger partial charge in [0.25, 0.3) is 0 Å². The van der Waals surface area contributed by atoms with Crippen LogP contribution in [0.25, 0.3) is 0 Å². The van der Waals surface area contributed by atoms with Crippen molar-refractivity contribution in [3.63, 3.8) is 0 Å². The van der Waals surface area contributed by atoms with Crippen molar-refractivity contribution >= 4 is 11.4 Å². The first kappa shape index (κ1) is 27.3. The van der Waals surface area contributed by atoms with E-state index in [-0.39, 0.29) is 0 Å². The van der Waals surface area contributed by atoms with Crippen molar-refractivity contribution in [1.82, 2.24) is 0 Å². The van der Waals surface area contributed by atoms with Crippen molar-refractivity contribution in [2.75, 3.05) is 11.5 Å². The number of nitrogen functional groups attached to an aromatic ring is 2. The Balaban J connectivity index is 1.05. The molecule has 4 rings (SSSR count). The molecule has 1 aromatic carbocycles. The van der Waals surface area contributed by atoms with Crippen molar-refractivity contribution < 1.29 is 0 Å². The van der Waals surface area contributed by atoms with Crippen molar-refractivity contribution in [3.8, 4) is 0 Å². The van der Waals surface area contributed by atoms with Crippen molar-refractivity contribution in [3.05, 3.63) is 48.1 Å². The van der Waals surface area contributed by atoms with Gasteiger partial charge in [0.1, 0.15) is 0 Å². The summed E-state index contributed by atoms with van der Waals surface area (Å²) in [6, 6.07) is 6.00. The van der Waals surface area contributed by atoms with E-state index in [2.05, 4.69) is 43.4 Å². The first-order chi connectivity index (χ1) is 17.6. The lowest BCUT2D eigenvalue weighted by atomic mass is 9.69. The molecule has 0 radical (unpaired) electrons. The number of hydrogen-bond donors (Lipinski definition) is 2. The average molecular weight is 491 g/mol. The maximum atomic E-state index is 5.92. The number of benzene rings is 1. The van der Waals surface area contributed by atoms with E-state index in [1.54, 1.807) is 0 Å². The summed E-state index contributed by atoms with van der Waals surface area (Å²) < 4.78 is 0. The third-order valence-electron chi connectivity index (χ3n) is 9.93. The van der Waals surface area contributed by atoms with Crippen LogP contribution >= 0.6 is 0 Å². The fourth-order valence-corrected chi connectivity index (χ4v) is 7.70. The predicted octanol–water partition coefficient (Wildman–Crippen LogP) is 9.51.